The van der Waals surface area contributed by atoms with Crippen molar-refractivity contribution in [2.75, 3.05) is 13.4 Å². The van der Waals surface area contributed by atoms with Crippen LogP contribution in [0.15, 0.2) is 36.4 Å². The summed E-state index contributed by atoms with van der Waals surface area (Å²) >= 11 is 0. The monoisotopic (exact) mass is 290 g/mol. The molecule has 0 N–H and O–H groups in total. The van der Waals surface area contributed by atoms with Gasteiger partial charge in [-0.2, -0.15) is 0 Å². The van der Waals surface area contributed by atoms with Crippen molar-refractivity contribution in [3.05, 3.63) is 47.5 Å². The molecular formula is C16H18O5. The Hall–Kier alpha value is -2.14. The van der Waals surface area contributed by atoms with Crippen molar-refractivity contribution in [1.82, 2.24) is 0 Å². The molecule has 0 amide bonds. The largest absolute Gasteiger partial charge is 0.450 e. The molecule has 5 nitrogen and oxygen atoms in total. The van der Waals surface area contributed by atoms with Crippen LogP contribution in [0.2, 0.25) is 0 Å². The molecule has 2 rings (SSSR count). The van der Waals surface area contributed by atoms with Crippen molar-refractivity contribution < 1.29 is 23.8 Å². The van der Waals surface area contributed by atoms with Crippen LogP contribution in [0.3, 0.4) is 0 Å². The summed E-state index contributed by atoms with van der Waals surface area (Å²) in [5.41, 5.74) is 2.77. The summed E-state index contributed by atoms with van der Waals surface area (Å²) in [6.07, 6.45) is 1.66. The van der Waals surface area contributed by atoms with Crippen LogP contribution < -0.4 is 0 Å². The summed E-state index contributed by atoms with van der Waals surface area (Å²) in [5.74, 6) is -1.25. The smallest absolute Gasteiger partial charge is 0.346 e. The SMILES string of the molecule is C=C(C)C(=O)OCC(=O)OCOC1Cc2ccccc2C1. The molecule has 1 aliphatic rings. The number of esters is 2. The van der Waals surface area contributed by atoms with E-state index in [1.807, 2.05) is 12.1 Å². The minimum atomic E-state index is -0.639. The molecule has 0 atom stereocenters. The van der Waals surface area contributed by atoms with Crippen molar-refractivity contribution in [2.24, 2.45) is 0 Å². The zero-order valence-corrected chi connectivity index (χ0v) is 12.0. The Kier molecular flexibility index (Phi) is 5.11. The number of hydrogen-bond acceptors (Lipinski definition) is 5. The molecule has 0 aromatic heterocycles. The Bertz CT molecular complexity index is 524. The van der Waals surface area contributed by atoms with Gasteiger partial charge in [0.2, 0.25) is 0 Å². The second-order valence-corrected chi connectivity index (χ2v) is 4.96. The fraction of sp³-hybridized carbons (Fsp3) is 0.375. The molecule has 0 radical (unpaired) electrons. The highest BCUT2D eigenvalue weighted by molar-refractivity contribution is 5.88. The summed E-state index contributed by atoms with van der Waals surface area (Å²) in [4.78, 5) is 22.4. The molecule has 112 valence electrons. The molecule has 0 saturated carbocycles. The molecule has 1 aliphatic carbocycles. The van der Waals surface area contributed by atoms with Crippen molar-refractivity contribution in [3.8, 4) is 0 Å². The van der Waals surface area contributed by atoms with E-state index in [9.17, 15) is 9.59 Å². The Labute approximate surface area is 123 Å². The molecule has 0 unspecified atom stereocenters. The predicted octanol–water partition coefficient (Wildman–Crippen LogP) is 1.79. The normalized spacial score (nSPS) is 13.6. The first-order chi connectivity index (χ1) is 10.1. The second kappa shape index (κ2) is 7.04. The quantitative estimate of drug-likeness (QED) is 0.454. The topological polar surface area (TPSA) is 61.8 Å². The number of rotatable bonds is 6. The molecule has 0 bridgehead atoms. The predicted molar refractivity (Wildman–Crippen MR) is 75.5 cm³/mol. The lowest BCUT2D eigenvalue weighted by atomic mass is 10.1. The maximum Gasteiger partial charge on any atom is 0.346 e. The molecular weight excluding hydrogens is 272 g/mol. The number of carbonyl (C=O) groups is 2. The minimum absolute atomic E-state index is 0.0215. The first-order valence-electron chi connectivity index (χ1n) is 6.73. The molecule has 5 heteroatoms. The maximum atomic E-state index is 11.4. The van der Waals surface area contributed by atoms with Gasteiger partial charge in [-0.1, -0.05) is 30.8 Å². The number of ether oxygens (including phenoxy) is 3. The van der Waals surface area contributed by atoms with Crippen LogP contribution >= 0.6 is 0 Å². The van der Waals surface area contributed by atoms with Crippen molar-refractivity contribution in [1.29, 1.82) is 0 Å². The molecule has 21 heavy (non-hydrogen) atoms. The van der Waals surface area contributed by atoms with Gasteiger partial charge < -0.3 is 14.2 Å². The van der Waals surface area contributed by atoms with Crippen LogP contribution in [0.1, 0.15) is 18.1 Å². The third-order valence-electron chi connectivity index (χ3n) is 3.21. The van der Waals surface area contributed by atoms with E-state index in [0.717, 1.165) is 12.8 Å². The van der Waals surface area contributed by atoms with E-state index in [1.54, 1.807) is 0 Å². The van der Waals surface area contributed by atoms with Crippen molar-refractivity contribution in [3.63, 3.8) is 0 Å². The zero-order valence-electron chi connectivity index (χ0n) is 12.0. The first kappa shape index (κ1) is 15.3. The fourth-order valence-corrected chi connectivity index (χ4v) is 2.12. The van der Waals surface area contributed by atoms with Gasteiger partial charge in [0.15, 0.2) is 13.4 Å². The van der Waals surface area contributed by atoms with Crippen LogP contribution in [-0.2, 0) is 36.6 Å². The van der Waals surface area contributed by atoms with Crippen molar-refractivity contribution in [2.45, 2.75) is 25.9 Å². The summed E-state index contributed by atoms with van der Waals surface area (Å²) in [6, 6.07) is 8.14. The first-order valence-corrected chi connectivity index (χ1v) is 6.73. The van der Waals surface area contributed by atoms with Gasteiger partial charge in [-0.3, -0.25) is 0 Å². The van der Waals surface area contributed by atoms with E-state index in [0.29, 0.717) is 0 Å². The van der Waals surface area contributed by atoms with Crippen LogP contribution in [0.5, 0.6) is 0 Å². The highest BCUT2D eigenvalue weighted by atomic mass is 16.7. The summed E-state index contributed by atoms with van der Waals surface area (Å²) < 4.78 is 15.0. The second-order valence-electron chi connectivity index (χ2n) is 4.96. The van der Waals surface area contributed by atoms with Gasteiger partial charge in [0.05, 0.1) is 6.10 Å². The third kappa shape index (κ3) is 4.43. The molecule has 0 heterocycles. The average molecular weight is 290 g/mol. The molecule has 0 fully saturated rings. The average Bonchev–Trinajstić information content (AvgIpc) is 2.87. The lowest BCUT2D eigenvalue weighted by Gasteiger charge is -2.11. The van der Waals surface area contributed by atoms with E-state index in [4.69, 9.17) is 9.47 Å². The summed E-state index contributed by atoms with van der Waals surface area (Å²) in [6.45, 7) is 4.36. The highest BCUT2D eigenvalue weighted by Gasteiger charge is 2.21. The van der Waals surface area contributed by atoms with E-state index < -0.39 is 18.5 Å². The van der Waals surface area contributed by atoms with Gasteiger partial charge in [-0.15, -0.1) is 0 Å². The fourth-order valence-electron chi connectivity index (χ4n) is 2.12. The minimum Gasteiger partial charge on any atom is -0.450 e. The maximum absolute atomic E-state index is 11.4. The number of carbonyl (C=O) groups excluding carboxylic acids is 2. The van der Waals surface area contributed by atoms with Crippen LogP contribution in [-0.4, -0.2) is 31.4 Å². The van der Waals surface area contributed by atoms with E-state index in [2.05, 4.69) is 23.4 Å². The van der Waals surface area contributed by atoms with E-state index in [-0.39, 0.29) is 18.5 Å². The lowest BCUT2D eigenvalue weighted by molar-refractivity contribution is -0.169. The number of benzene rings is 1. The number of hydrogen-bond donors (Lipinski definition) is 0. The highest BCUT2D eigenvalue weighted by Crippen LogP contribution is 2.23. The van der Waals surface area contributed by atoms with Crippen LogP contribution in [0, 0.1) is 0 Å². The van der Waals surface area contributed by atoms with Gasteiger partial charge in [0.25, 0.3) is 0 Å². The van der Waals surface area contributed by atoms with Crippen LogP contribution in [0.4, 0.5) is 0 Å². The van der Waals surface area contributed by atoms with E-state index in [1.165, 1.54) is 18.1 Å². The van der Waals surface area contributed by atoms with Gasteiger partial charge in [0.1, 0.15) is 0 Å². The Morgan fingerprint density at radius 1 is 1.19 bits per heavy atom. The third-order valence-corrected chi connectivity index (χ3v) is 3.21. The Morgan fingerprint density at radius 2 is 1.81 bits per heavy atom. The summed E-state index contributed by atoms with van der Waals surface area (Å²) in [7, 11) is 0. The summed E-state index contributed by atoms with van der Waals surface area (Å²) in [5, 5.41) is 0. The molecule has 0 spiro atoms. The Balaban J connectivity index is 1.63. The zero-order chi connectivity index (χ0) is 15.2. The Morgan fingerprint density at radius 3 is 2.38 bits per heavy atom. The lowest BCUT2D eigenvalue weighted by Crippen LogP contribution is -2.21. The molecule has 0 aliphatic heterocycles. The van der Waals surface area contributed by atoms with Gasteiger partial charge in [0, 0.05) is 5.57 Å². The van der Waals surface area contributed by atoms with Gasteiger partial charge >= 0.3 is 11.9 Å². The van der Waals surface area contributed by atoms with Gasteiger partial charge in [-0.05, 0) is 30.9 Å². The molecule has 1 aromatic rings. The standard InChI is InChI=1S/C16H18O5/c1-11(2)16(18)19-9-15(17)21-10-20-14-7-12-5-3-4-6-13(12)8-14/h3-6,14H,1,7-10H2,2H3. The number of fused-ring (bicyclic) bond motifs is 1. The van der Waals surface area contributed by atoms with Crippen molar-refractivity contribution >= 4 is 11.9 Å². The van der Waals surface area contributed by atoms with Crippen LogP contribution in [0.25, 0.3) is 0 Å². The molecule has 1 aromatic carbocycles. The van der Waals surface area contributed by atoms with Gasteiger partial charge in [-0.25, -0.2) is 9.59 Å². The molecule has 0 saturated heterocycles. The van der Waals surface area contributed by atoms with E-state index >= 15 is 0 Å².